The molecule has 0 aliphatic carbocycles. The zero-order valence-electron chi connectivity index (χ0n) is 18.3. The van der Waals surface area contributed by atoms with Gasteiger partial charge in [-0.15, -0.1) is 0 Å². The average Bonchev–Trinajstić information content (AvgIpc) is 2.82. The van der Waals surface area contributed by atoms with Crippen molar-refractivity contribution < 1.29 is 14.4 Å². The normalized spacial score (nSPS) is 10.3. The van der Waals surface area contributed by atoms with E-state index in [-0.39, 0.29) is 23.7 Å². The standard InChI is InChI=1S/C26H27N3O3/c1-3-19-12-14-21(15-13-19)17-28-25(31)26(32)29-23-7-5-4-6-22(23)24(30)27-16-20-10-8-18(2)9-11-20/h4-15H,3,16-17H2,1-2H3,(H,27,30)(H,28,31)(H,29,32). The Hall–Kier alpha value is -3.93. The van der Waals surface area contributed by atoms with Crippen molar-refractivity contribution in [3.05, 3.63) is 101 Å². The topological polar surface area (TPSA) is 87.3 Å². The summed E-state index contributed by atoms with van der Waals surface area (Å²) in [5, 5.41) is 7.99. The van der Waals surface area contributed by atoms with E-state index < -0.39 is 11.8 Å². The molecule has 3 N–H and O–H groups in total. The second-order valence-corrected chi connectivity index (χ2v) is 7.52. The summed E-state index contributed by atoms with van der Waals surface area (Å²) in [7, 11) is 0. The third kappa shape index (κ3) is 6.28. The summed E-state index contributed by atoms with van der Waals surface area (Å²) < 4.78 is 0. The second-order valence-electron chi connectivity index (χ2n) is 7.52. The molecule has 0 fully saturated rings. The van der Waals surface area contributed by atoms with Crippen LogP contribution in [0.2, 0.25) is 0 Å². The van der Waals surface area contributed by atoms with E-state index in [1.165, 1.54) is 5.56 Å². The molecule has 6 nitrogen and oxygen atoms in total. The fourth-order valence-electron chi connectivity index (χ4n) is 3.11. The molecule has 0 heterocycles. The number of amides is 3. The lowest BCUT2D eigenvalue weighted by molar-refractivity contribution is -0.136. The molecule has 3 rings (SSSR count). The highest BCUT2D eigenvalue weighted by molar-refractivity contribution is 6.40. The molecule has 0 aliphatic rings. The Bertz CT molecular complexity index is 1090. The SMILES string of the molecule is CCc1ccc(CNC(=O)C(=O)Nc2ccccc2C(=O)NCc2ccc(C)cc2)cc1. The molecule has 0 bridgehead atoms. The number of anilines is 1. The Kier molecular flexibility index (Phi) is 7.75. The largest absolute Gasteiger partial charge is 0.348 e. The first-order valence-electron chi connectivity index (χ1n) is 10.6. The van der Waals surface area contributed by atoms with Gasteiger partial charge in [-0.3, -0.25) is 14.4 Å². The molecule has 32 heavy (non-hydrogen) atoms. The molecule has 164 valence electrons. The smallest absolute Gasteiger partial charge is 0.313 e. The van der Waals surface area contributed by atoms with E-state index in [4.69, 9.17) is 0 Å². The maximum atomic E-state index is 12.7. The van der Waals surface area contributed by atoms with E-state index in [0.717, 1.165) is 23.1 Å². The Balaban J connectivity index is 1.57. The molecule has 0 unspecified atom stereocenters. The van der Waals surface area contributed by atoms with E-state index in [1.54, 1.807) is 24.3 Å². The number of aryl methyl sites for hydroxylation is 2. The Morgan fingerprint density at radius 3 is 1.91 bits per heavy atom. The molecule has 0 atom stereocenters. The molecule has 3 aromatic carbocycles. The maximum absolute atomic E-state index is 12.7. The minimum absolute atomic E-state index is 0.245. The van der Waals surface area contributed by atoms with Crippen LogP contribution in [0.3, 0.4) is 0 Å². The molecule has 3 amide bonds. The summed E-state index contributed by atoms with van der Waals surface area (Å²) in [6.45, 7) is 4.68. The van der Waals surface area contributed by atoms with E-state index in [0.29, 0.717) is 6.54 Å². The number of rotatable bonds is 7. The van der Waals surface area contributed by atoms with Gasteiger partial charge in [-0.05, 0) is 42.2 Å². The number of hydrogen-bond acceptors (Lipinski definition) is 3. The summed E-state index contributed by atoms with van der Waals surface area (Å²) in [6, 6.07) is 22.3. The molecule has 0 saturated carbocycles. The van der Waals surface area contributed by atoms with Crippen LogP contribution in [0.5, 0.6) is 0 Å². The van der Waals surface area contributed by atoms with Gasteiger partial charge < -0.3 is 16.0 Å². The van der Waals surface area contributed by atoms with Crippen molar-refractivity contribution in [2.45, 2.75) is 33.4 Å². The minimum atomic E-state index is -0.825. The third-order valence-electron chi connectivity index (χ3n) is 5.08. The Morgan fingerprint density at radius 2 is 1.25 bits per heavy atom. The van der Waals surface area contributed by atoms with Crippen LogP contribution in [-0.2, 0) is 29.1 Å². The minimum Gasteiger partial charge on any atom is -0.348 e. The first-order chi connectivity index (χ1) is 15.5. The summed E-state index contributed by atoms with van der Waals surface area (Å²) in [5.74, 6) is -1.92. The van der Waals surface area contributed by atoms with Crippen molar-refractivity contribution in [1.82, 2.24) is 10.6 Å². The van der Waals surface area contributed by atoms with Gasteiger partial charge in [0.25, 0.3) is 5.91 Å². The van der Waals surface area contributed by atoms with Crippen molar-refractivity contribution in [1.29, 1.82) is 0 Å². The van der Waals surface area contributed by atoms with Crippen LogP contribution < -0.4 is 16.0 Å². The van der Waals surface area contributed by atoms with Crippen molar-refractivity contribution in [2.24, 2.45) is 0 Å². The molecule has 3 aromatic rings. The lowest BCUT2D eigenvalue weighted by Crippen LogP contribution is -2.35. The highest BCUT2D eigenvalue weighted by Crippen LogP contribution is 2.15. The number of hydrogen-bond donors (Lipinski definition) is 3. The molecule has 6 heteroatoms. The number of nitrogens with one attached hydrogen (secondary N) is 3. The Labute approximate surface area is 188 Å². The molecule has 0 spiro atoms. The predicted octanol–water partition coefficient (Wildman–Crippen LogP) is 3.74. The Morgan fingerprint density at radius 1 is 0.688 bits per heavy atom. The third-order valence-corrected chi connectivity index (χ3v) is 5.08. The van der Waals surface area contributed by atoms with E-state index in [9.17, 15) is 14.4 Å². The number of carbonyl (C=O) groups is 3. The molecule has 0 aromatic heterocycles. The molecular weight excluding hydrogens is 402 g/mol. The number of carbonyl (C=O) groups excluding carboxylic acids is 3. The lowest BCUT2D eigenvalue weighted by Gasteiger charge is -2.12. The maximum Gasteiger partial charge on any atom is 0.313 e. The van der Waals surface area contributed by atoms with Gasteiger partial charge in [0.15, 0.2) is 0 Å². The monoisotopic (exact) mass is 429 g/mol. The van der Waals surface area contributed by atoms with E-state index in [1.807, 2.05) is 55.5 Å². The van der Waals surface area contributed by atoms with Crippen molar-refractivity contribution >= 4 is 23.4 Å². The van der Waals surface area contributed by atoms with E-state index >= 15 is 0 Å². The van der Waals surface area contributed by atoms with Gasteiger partial charge in [-0.25, -0.2) is 0 Å². The van der Waals surface area contributed by atoms with E-state index in [2.05, 4.69) is 22.9 Å². The first kappa shape index (κ1) is 22.7. The second kappa shape index (κ2) is 10.9. The summed E-state index contributed by atoms with van der Waals surface area (Å²) in [6.07, 6.45) is 0.938. The van der Waals surface area contributed by atoms with Gasteiger partial charge in [0.05, 0.1) is 11.3 Å². The summed E-state index contributed by atoms with van der Waals surface area (Å²) in [4.78, 5) is 37.3. The van der Waals surface area contributed by atoms with Crippen molar-refractivity contribution in [3.8, 4) is 0 Å². The highest BCUT2D eigenvalue weighted by atomic mass is 16.2. The van der Waals surface area contributed by atoms with Crippen LogP contribution in [0.4, 0.5) is 5.69 Å². The van der Waals surface area contributed by atoms with Gasteiger partial charge in [-0.2, -0.15) is 0 Å². The fraction of sp³-hybridized carbons (Fsp3) is 0.192. The zero-order valence-corrected chi connectivity index (χ0v) is 18.3. The van der Waals surface area contributed by atoms with Crippen LogP contribution in [0.1, 0.15) is 39.5 Å². The highest BCUT2D eigenvalue weighted by Gasteiger charge is 2.17. The van der Waals surface area contributed by atoms with Gasteiger partial charge >= 0.3 is 11.8 Å². The predicted molar refractivity (Wildman–Crippen MR) is 125 cm³/mol. The van der Waals surface area contributed by atoms with Crippen LogP contribution in [0.15, 0.2) is 72.8 Å². The van der Waals surface area contributed by atoms with Crippen molar-refractivity contribution in [2.75, 3.05) is 5.32 Å². The number of benzene rings is 3. The van der Waals surface area contributed by atoms with Gasteiger partial charge in [0, 0.05) is 13.1 Å². The van der Waals surface area contributed by atoms with Gasteiger partial charge in [0.1, 0.15) is 0 Å². The zero-order chi connectivity index (χ0) is 22.9. The molecule has 0 aliphatic heterocycles. The molecule has 0 saturated heterocycles. The first-order valence-corrected chi connectivity index (χ1v) is 10.6. The lowest BCUT2D eigenvalue weighted by atomic mass is 10.1. The molecular formula is C26H27N3O3. The van der Waals surface area contributed by atoms with Crippen LogP contribution in [0.25, 0.3) is 0 Å². The van der Waals surface area contributed by atoms with Crippen molar-refractivity contribution in [3.63, 3.8) is 0 Å². The van der Waals surface area contributed by atoms with Gasteiger partial charge in [-0.1, -0.05) is 73.2 Å². The molecule has 0 radical (unpaired) electrons. The van der Waals surface area contributed by atoms with Crippen LogP contribution >= 0.6 is 0 Å². The van der Waals surface area contributed by atoms with Gasteiger partial charge in [0.2, 0.25) is 0 Å². The summed E-state index contributed by atoms with van der Waals surface area (Å²) in [5.41, 5.74) is 4.78. The fourth-order valence-corrected chi connectivity index (χ4v) is 3.11. The average molecular weight is 430 g/mol. The quantitative estimate of drug-likeness (QED) is 0.500. The summed E-state index contributed by atoms with van der Waals surface area (Å²) >= 11 is 0. The van der Waals surface area contributed by atoms with Crippen LogP contribution in [0, 0.1) is 6.92 Å². The number of para-hydroxylation sites is 1. The van der Waals surface area contributed by atoms with Crippen LogP contribution in [-0.4, -0.2) is 17.7 Å².